The molecule has 0 unspecified atom stereocenters. The Kier molecular flexibility index (Phi) is 3.08. The van der Waals surface area contributed by atoms with Gasteiger partial charge < -0.3 is 5.73 Å². The van der Waals surface area contributed by atoms with E-state index >= 15 is 0 Å². The smallest absolute Gasteiger partial charge is 0.0273 e. The highest BCUT2D eigenvalue weighted by Gasteiger charge is 2.18. The van der Waals surface area contributed by atoms with Crippen molar-refractivity contribution in [3.63, 3.8) is 0 Å². The van der Waals surface area contributed by atoms with Gasteiger partial charge >= 0.3 is 0 Å². The average molecular weight is 221 g/mol. The number of fused-ring (bicyclic) bond motifs is 1. The first-order valence-corrected chi connectivity index (χ1v) is 6.43. The summed E-state index contributed by atoms with van der Waals surface area (Å²) >= 11 is 1.89. The second-order valence-electron chi connectivity index (χ2n) is 4.85. The van der Waals surface area contributed by atoms with Crippen LogP contribution in [0, 0.1) is 0 Å². The molecule has 0 fully saturated rings. The molecule has 0 aromatic heterocycles. The van der Waals surface area contributed by atoms with E-state index < -0.39 is 0 Å². The van der Waals surface area contributed by atoms with E-state index in [1.54, 1.807) is 11.1 Å². The molecule has 0 saturated heterocycles. The Morgan fingerprint density at radius 1 is 1.27 bits per heavy atom. The van der Waals surface area contributed by atoms with E-state index in [9.17, 15) is 0 Å². The summed E-state index contributed by atoms with van der Waals surface area (Å²) in [4.78, 5) is 1.37. The van der Waals surface area contributed by atoms with Crippen molar-refractivity contribution in [3.8, 4) is 0 Å². The van der Waals surface area contributed by atoms with Gasteiger partial charge in [-0.1, -0.05) is 6.07 Å². The molecule has 0 saturated carbocycles. The van der Waals surface area contributed by atoms with Crippen LogP contribution in [0.5, 0.6) is 0 Å². The third kappa shape index (κ3) is 2.56. The molecule has 1 nitrogen and oxygen atoms in total. The van der Waals surface area contributed by atoms with E-state index in [1.807, 2.05) is 11.8 Å². The first kappa shape index (κ1) is 11.0. The number of aryl methyl sites for hydroxylation is 2. The highest BCUT2D eigenvalue weighted by molar-refractivity contribution is 8.00. The molecule has 1 aromatic carbocycles. The Bertz CT molecular complexity index is 358. The predicted molar refractivity (Wildman–Crippen MR) is 67.5 cm³/mol. The minimum atomic E-state index is 0.146. The van der Waals surface area contributed by atoms with E-state index in [4.69, 9.17) is 5.73 Å². The minimum Gasteiger partial charge on any atom is -0.329 e. The van der Waals surface area contributed by atoms with Crippen molar-refractivity contribution in [2.45, 2.75) is 42.8 Å². The van der Waals surface area contributed by atoms with Gasteiger partial charge in [0, 0.05) is 16.2 Å². The maximum atomic E-state index is 5.75. The Morgan fingerprint density at radius 3 is 2.73 bits per heavy atom. The third-order valence-corrected chi connectivity index (χ3v) is 4.16. The second kappa shape index (κ2) is 4.18. The molecule has 1 aliphatic rings. The predicted octanol–water partition coefficient (Wildman–Crippen LogP) is 3.00. The van der Waals surface area contributed by atoms with Gasteiger partial charge in [-0.05, 0) is 56.4 Å². The minimum absolute atomic E-state index is 0.146. The van der Waals surface area contributed by atoms with Crippen molar-refractivity contribution in [1.29, 1.82) is 0 Å². The van der Waals surface area contributed by atoms with Gasteiger partial charge in [0.05, 0.1) is 0 Å². The molecule has 82 valence electrons. The largest absolute Gasteiger partial charge is 0.329 e. The first-order chi connectivity index (χ1) is 7.11. The van der Waals surface area contributed by atoms with Crippen molar-refractivity contribution in [1.82, 2.24) is 0 Å². The van der Waals surface area contributed by atoms with Crippen LogP contribution in [0.3, 0.4) is 0 Å². The van der Waals surface area contributed by atoms with Gasteiger partial charge in [-0.15, -0.1) is 11.8 Å². The normalized spacial score (nSPS) is 15.4. The van der Waals surface area contributed by atoms with Gasteiger partial charge in [0.25, 0.3) is 0 Å². The Hall–Kier alpha value is -0.470. The van der Waals surface area contributed by atoms with Crippen molar-refractivity contribution < 1.29 is 0 Å². The second-order valence-corrected chi connectivity index (χ2v) is 6.63. The SMILES string of the molecule is CC(C)(CN)Sc1ccc2c(c1)CCC2. The Labute approximate surface area is 96.4 Å². The molecule has 2 heteroatoms. The molecule has 0 bridgehead atoms. The van der Waals surface area contributed by atoms with Gasteiger partial charge in [0.15, 0.2) is 0 Å². The number of benzene rings is 1. The van der Waals surface area contributed by atoms with Crippen LogP contribution in [0.4, 0.5) is 0 Å². The fourth-order valence-electron chi connectivity index (χ4n) is 1.97. The van der Waals surface area contributed by atoms with Crippen LogP contribution < -0.4 is 5.73 Å². The standard InChI is InChI=1S/C13H19NS/c1-13(2,9-14)15-12-7-6-10-4-3-5-11(10)8-12/h6-8H,3-5,9,14H2,1-2H3. The lowest BCUT2D eigenvalue weighted by Gasteiger charge is -2.21. The van der Waals surface area contributed by atoms with Crippen molar-refractivity contribution in [2.24, 2.45) is 5.73 Å². The van der Waals surface area contributed by atoms with E-state index in [1.165, 1.54) is 24.2 Å². The summed E-state index contributed by atoms with van der Waals surface area (Å²) in [7, 11) is 0. The van der Waals surface area contributed by atoms with Crippen molar-refractivity contribution in [2.75, 3.05) is 6.54 Å². The molecule has 1 aromatic rings. The topological polar surface area (TPSA) is 26.0 Å². The molecule has 2 rings (SSSR count). The number of hydrogen-bond donors (Lipinski definition) is 1. The third-order valence-electron chi connectivity index (χ3n) is 2.96. The molecule has 0 heterocycles. The van der Waals surface area contributed by atoms with E-state index in [2.05, 4.69) is 32.0 Å². The van der Waals surface area contributed by atoms with Crippen LogP contribution in [-0.4, -0.2) is 11.3 Å². The summed E-state index contributed by atoms with van der Waals surface area (Å²) in [6, 6.07) is 6.88. The molecule has 0 amide bonds. The summed E-state index contributed by atoms with van der Waals surface area (Å²) in [5.41, 5.74) is 8.84. The highest BCUT2D eigenvalue weighted by atomic mass is 32.2. The molecule has 2 N–H and O–H groups in total. The van der Waals surface area contributed by atoms with E-state index in [0.29, 0.717) is 0 Å². The van der Waals surface area contributed by atoms with Gasteiger partial charge in [-0.25, -0.2) is 0 Å². The number of nitrogens with two attached hydrogens (primary N) is 1. The molecule has 0 radical (unpaired) electrons. The first-order valence-electron chi connectivity index (χ1n) is 5.62. The zero-order valence-electron chi connectivity index (χ0n) is 9.55. The van der Waals surface area contributed by atoms with E-state index in [-0.39, 0.29) is 4.75 Å². The fraction of sp³-hybridized carbons (Fsp3) is 0.538. The molecule has 0 aliphatic heterocycles. The van der Waals surface area contributed by atoms with Crippen LogP contribution in [-0.2, 0) is 12.8 Å². The molecular formula is C13H19NS. The molecule has 1 aliphatic carbocycles. The molecule has 0 spiro atoms. The molecule has 15 heavy (non-hydrogen) atoms. The zero-order chi connectivity index (χ0) is 10.9. The van der Waals surface area contributed by atoms with Gasteiger partial charge in [0.2, 0.25) is 0 Å². The summed E-state index contributed by atoms with van der Waals surface area (Å²) in [5.74, 6) is 0. The van der Waals surface area contributed by atoms with Gasteiger partial charge in [0.1, 0.15) is 0 Å². The lowest BCUT2D eigenvalue weighted by Crippen LogP contribution is -2.26. The Balaban J connectivity index is 2.17. The summed E-state index contributed by atoms with van der Waals surface area (Å²) in [6.07, 6.45) is 3.84. The van der Waals surface area contributed by atoms with Gasteiger partial charge in [-0.3, -0.25) is 0 Å². The van der Waals surface area contributed by atoms with Crippen LogP contribution in [0.1, 0.15) is 31.4 Å². The van der Waals surface area contributed by atoms with Crippen LogP contribution in [0.2, 0.25) is 0 Å². The number of hydrogen-bond acceptors (Lipinski definition) is 2. The van der Waals surface area contributed by atoms with Crippen LogP contribution in [0.15, 0.2) is 23.1 Å². The lowest BCUT2D eigenvalue weighted by molar-refractivity contribution is 0.723. The zero-order valence-corrected chi connectivity index (χ0v) is 10.4. The average Bonchev–Trinajstić information content (AvgIpc) is 2.64. The van der Waals surface area contributed by atoms with Gasteiger partial charge in [-0.2, -0.15) is 0 Å². The van der Waals surface area contributed by atoms with Crippen LogP contribution in [0.25, 0.3) is 0 Å². The Morgan fingerprint density at radius 2 is 2.00 bits per heavy atom. The summed E-state index contributed by atoms with van der Waals surface area (Å²) < 4.78 is 0.146. The van der Waals surface area contributed by atoms with E-state index in [0.717, 1.165) is 6.54 Å². The monoisotopic (exact) mass is 221 g/mol. The number of rotatable bonds is 3. The molecular weight excluding hydrogens is 202 g/mol. The lowest BCUT2D eigenvalue weighted by atomic mass is 10.1. The number of thioether (sulfide) groups is 1. The summed E-state index contributed by atoms with van der Waals surface area (Å²) in [5, 5.41) is 0. The maximum absolute atomic E-state index is 5.75. The van der Waals surface area contributed by atoms with Crippen molar-refractivity contribution >= 4 is 11.8 Å². The quantitative estimate of drug-likeness (QED) is 0.794. The fourth-order valence-corrected chi connectivity index (χ4v) is 3.03. The highest BCUT2D eigenvalue weighted by Crippen LogP contribution is 2.34. The maximum Gasteiger partial charge on any atom is 0.0273 e. The molecule has 0 atom stereocenters. The van der Waals surface area contributed by atoms with Crippen molar-refractivity contribution in [3.05, 3.63) is 29.3 Å². The van der Waals surface area contributed by atoms with Crippen LogP contribution >= 0.6 is 11.8 Å². The summed E-state index contributed by atoms with van der Waals surface area (Å²) in [6.45, 7) is 5.12.